The molecule has 0 bridgehead atoms. The summed E-state index contributed by atoms with van der Waals surface area (Å²) in [5.74, 6) is 0. The summed E-state index contributed by atoms with van der Waals surface area (Å²) in [5, 5.41) is -0.216. The first-order chi connectivity index (χ1) is 10.1. The zero-order valence-electron chi connectivity index (χ0n) is 12.8. The van der Waals surface area contributed by atoms with Crippen LogP contribution in [0.5, 0.6) is 0 Å². The van der Waals surface area contributed by atoms with Gasteiger partial charge in [-0.3, -0.25) is 4.31 Å². The molecule has 0 aliphatic heterocycles. The third kappa shape index (κ3) is 3.77. The van der Waals surface area contributed by atoms with Crippen LogP contribution in [-0.4, -0.2) is 20.2 Å². The Balaban J connectivity index is 2.27. The summed E-state index contributed by atoms with van der Waals surface area (Å²) in [5.41, 5.74) is 7.39. The van der Waals surface area contributed by atoms with E-state index in [1.807, 2.05) is 31.2 Å². The third-order valence-corrected chi connectivity index (χ3v) is 6.49. The molecule has 0 radical (unpaired) electrons. The van der Waals surface area contributed by atoms with Crippen molar-refractivity contribution in [2.75, 3.05) is 10.8 Å². The highest BCUT2D eigenvalue weighted by Gasteiger charge is 2.32. The second-order valence-electron chi connectivity index (χ2n) is 5.75. The topological polar surface area (TPSA) is 63.4 Å². The molecule has 1 aromatic rings. The highest BCUT2D eigenvalue weighted by molar-refractivity contribution is 7.93. The molecule has 21 heavy (non-hydrogen) atoms. The highest BCUT2D eigenvalue weighted by Crippen LogP contribution is 2.29. The number of rotatable bonds is 6. The minimum atomic E-state index is -3.26. The summed E-state index contributed by atoms with van der Waals surface area (Å²) in [4.78, 5) is 0. The van der Waals surface area contributed by atoms with E-state index in [1.165, 1.54) is 0 Å². The first-order valence-corrected chi connectivity index (χ1v) is 9.40. The van der Waals surface area contributed by atoms with Gasteiger partial charge >= 0.3 is 0 Å². The minimum Gasteiger partial charge on any atom is -0.326 e. The van der Waals surface area contributed by atoms with E-state index in [4.69, 9.17) is 5.73 Å². The predicted molar refractivity (Wildman–Crippen MR) is 87.8 cm³/mol. The average molecular weight is 310 g/mol. The summed E-state index contributed by atoms with van der Waals surface area (Å²) in [6, 6.07) is 7.57. The summed E-state index contributed by atoms with van der Waals surface area (Å²) in [6.45, 7) is 3.03. The van der Waals surface area contributed by atoms with Gasteiger partial charge in [0, 0.05) is 13.1 Å². The number of nitrogens with zero attached hydrogens (tertiary/aromatic N) is 1. The molecule has 0 atom stereocenters. The second kappa shape index (κ2) is 7.27. The van der Waals surface area contributed by atoms with Crippen molar-refractivity contribution in [2.24, 2.45) is 5.73 Å². The van der Waals surface area contributed by atoms with E-state index in [1.54, 1.807) is 4.31 Å². The molecular formula is C16H26N2O2S. The Morgan fingerprint density at radius 3 is 2.29 bits per heavy atom. The zero-order chi connectivity index (χ0) is 15.3. The maximum Gasteiger partial charge on any atom is 0.238 e. The molecule has 1 saturated carbocycles. The number of anilines is 1. The molecule has 4 nitrogen and oxygen atoms in total. The van der Waals surface area contributed by atoms with Gasteiger partial charge in [-0.15, -0.1) is 0 Å². The first-order valence-electron chi connectivity index (χ1n) is 7.90. The molecule has 0 spiro atoms. The van der Waals surface area contributed by atoms with Crippen molar-refractivity contribution in [1.29, 1.82) is 0 Å². The van der Waals surface area contributed by atoms with E-state index >= 15 is 0 Å². The van der Waals surface area contributed by atoms with Crippen LogP contribution < -0.4 is 10.0 Å². The van der Waals surface area contributed by atoms with Gasteiger partial charge in [-0.2, -0.15) is 0 Å². The molecule has 0 saturated heterocycles. The second-order valence-corrected chi connectivity index (χ2v) is 7.89. The SMILES string of the molecule is CCCN(c1ccc(CN)cc1)S(=O)(=O)C1CCCCC1. The predicted octanol–water partition coefficient (Wildman–Crippen LogP) is 3.02. The van der Waals surface area contributed by atoms with Gasteiger partial charge in [0.15, 0.2) is 0 Å². The van der Waals surface area contributed by atoms with Gasteiger partial charge in [-0.1, -0.05) is 38.3 Å². The largest absolute Gasteiger partial charge is 0.326 e. The molecular weight excluding hydrogens is 284 g/mol. The Labute approximate surface area is 128 Å². The lowest BCUT2D eigenvalue weighted by atomic mass is 10.0. The van der Waals surface area contributed by atoms with Gasteiger partial charge in [-0.05, 0) is 37.0 Å². The van der Waals surface area contributed by atoms with Crippen LogP contribution in [0.3, 0.4) is 0 Å². The van der Waals surface area contributed by atoms with Gasteiger partial charge in [-0.25, -0.2) is 8.42 Å². The zero-order valence-corrected chi connectivity index (χ0v) is 13.6. The third-order valence-electron chi connectivity index (χ3n) is 4.17. The molecule has 5 heteroatoms. The van der Waals surface area contributed by atoms with E-state index in [0.717, 1.165) is 49.8 Å². The number of hydrogen-bond acceptors (Lipinski definition) is 3. The lowest BCUT2D eigenvalue weighted by Gasteiger charge is -2.31. The van der Waals surface area contributed by atoms with E-state index in [-0.39, 0.29) is 5.25 Å². The maximum absolute atomic E-state index is 12.9. The van der Waals surface area contributed by atoms with Crippen LogP contribution in [0, 0.1) is 0 Å². The van der Waals surface area contributed by atoms with Crippen molar-refractivity contribution in [3.63, 3.8) is 0 Å². The van der Waals surface area contributed by atoms with Gasteiger partial charge in [0.25, 0.3) is 0 Å². The molecule has 0 unspecified atom stereocenters. The van der Waals surface area contributed by atoms with E-state index < -0.39 is 10.0 Å². The van der Waals surface area contributed by atoms with Gasteiger partial charge in [0.1, 0.15) is 0 Å². The fourth-order valence-corrected chi connectivity index (χ4v) is 5.09. The van der Waals surface area contributed by atoms with Gasteiger partial charge in [0.05, 0.1) is 10.9 Å². The molecule has 0 amide bonds. The Bertz CT molecular complexity index is 534. The molecule has 1 fully saturated rings. The normalized spacial score (nSPS) is 16.9. The summed E-state index contributed by atoms with van der Waals surface area (Å²) >= 11 is 0. The van der Waals surface area contributed by atoms with Crippen molar-refractivity contribution in [2.45, 2.75) is 57.2 Å². The van der Waals surface area contributed by atoms with Crippen LogP contribution in [0.1, 0.15) is 51.0 Å². The fraction of sp³-hybridized carbons (Fsp3) is 0.625. The summed E-state index contributed by atoms with van der Waals surface area (Å²) in [7, 11) is -3.26. The monoisotopic (exact) mass is 310 g/mol. The smallest absolute Gasteiger partial charge is 0.238 e. The number of hydrogen-bond donors (Lipinski definition) is 1. The lowest BCUT2D eigenvalue weighted by Crippen LogP contribution is -2.40. The fourth-order valence-electron chi connectivity index (χ4n) is 2.95. The standard InChI is InChI=1S/C16H26N2O2S/c1-2-12-18(15-10-8-14(13-17)9-11-15)21(19,20)16-6-4-3-5-7-16/h8-11,16H,2-7,12-13,17H2,1H3. The number of benzene rings is 1. The minimum absolute atomic E-state index is 0.216. The quantitative estimate of drug-likeness (QED) is 0.878. The number of nitrogens with two attached hydrogens (primary N) is 1. The molecule has 1 aromatic carbocycles. The lowest BCUT2D eigenvalue weighted by molar-refractivity contribution is 0.481. The first kappa shape index (κ1) is 16.3. The molecule has 2 rings (SSSR count). The van der Waals surface area contributed by atoms with Gasteiger partial charge in [0.2, 0.25) is 10.0 Å². The van der Waals surface area contributed by atoms with Crippen LogP contribution in [0.4, 0.5) is 5.69 Å². The Hall–Kier alpha value is -1.07. The van der Waals surface area contributed by atoms with E-state index in [0.29, 0.717) is 13.1 Å². The summed E-state index contributed by atoms with van der Waals surface area (Å²) < 4.78 is 27.5. The van der Waals surface area contributed by atoms with Crippen LogP contribution in [-0.2, 0) is 16.6 Å². The molecule has 1 aliphatic rings. The Morgan fingerprint density at radius 1 is 1.14 bits per heavy atom. The number of sulfonamides is 1. The average Bonchev–Trinajstić information content (AvgIpc) is 2.53. The Morgan fingerprint density at radius 2 is 1.76 bits per heavy atom. The molecule has 2 N–H and O–H groups in total. The van der Waals surface area contributed by atoms with Crippen molar-refractivity contribution in [1.82, 2.24) is 0 Å². The highest BCUT2D eigenvalue weighted by atomic mass is 32.2. The van der Waals surface area contributed by atoms with Crippen molar-refractivity contribution in [3.8, 4) is 0 Å². The van der Waals surface area contributed by atoms with E-state index in [2.05, 4.69) is 0 Å². The van der Waals surface area contributed by atoms with E-state index in [9.17, 15) is 8.42 Å². The van der Waals surface area contributed by atoms with Crippen molar-refractivity contribution >= 4 is 15.7 Å². The Kier molecular flexibility index (Phi) is 5.65. The van der Waals surface area contributed by atoms with Crippen LogP contribution in [0.15, 0.2) is 24.3 Å². The van der Waals surface area contributed by atoms with Crippen LogP contribution >= 0.6 is 0 Å². The summed E-state index contributed by atoms with van der Waals surface area (Å²) in [6.07, 6.45) is 5.61. The van der Waals surface area contributed by atoms with Crippen LogP contribution in [0.2, 0.25) is 0 Å². The molecule has 0 heterocycles. The molecule has 118 valence electrons. The van der Waals surface area contributed by atoms with Crippen molar-refractivity contribution < 1.29 is 8.42 Å². The molecule has 1 aliphatic carbocycles. The van der Waals surface area contributed by atoms with Gasteiger partial charge < -0.3 is 5.73 Å². The maximum atomic E-state index is 12.9. The molecule has 0 aromatic heterocycles. The van der Waals surface area contributed by atoms with Crippen LogP contribution in [0.25, 0.3) is 0 Å². The van der Waals surface area contributed by atoms with Crippen molar-refractivity contribution in [3.05, 3.63) is 29.8 Å².